The SMILES string of the molecule is C=C(Cc1c(C)c(C)c(SF)c(S)c1CCCC)C1CNCCN1. The molecule has 2 rings (SSSR count). The van der Waals surface area contributed by atoms with Gasteiger partial charge in [0.1, 0.15) is 0 Å². The number of unbranched alkanes of at least 4 members (excludes halogenated alkanes) is 1. The van der Waals surface area contributed by atoms with Crippen LogP contribution in [0.5, 0.6) is 0 Å². The van der Waals surface area contributed by atoms with Crippen LogP contribution in [-0.2, 0) is 12.8 Å². The summed E-state index contributed by atoms with van der Waals surface area (Å²) in [5, 5.41) is 6.94. The smallest absolute Gasteiger partial charge is 0.0826 e. The quantitative estimate of drug-likeness (QED) is 0.485. The molecule has 1 aliphatic rings. The van der Waals surface area contributed by atoms with E-state index in [4.69, 9.17) is 0 Å². The first-order valence-electron chi connectivity index (χ1n) is 8.75. The molecular weight excluding hydrogens is 339 g/mol. The zero-order chi connectivity index (χ0) is 17.7. The molecule has 1 saturated heterocycles. The van der Waals surface area contributed by atoms with E-state index in [0.717, 1.165) is 55.8 Å². The first kappa shape index (κ1) is 19.8. The lowest BCUT2D eigenvalue weighted by molar-refractivity contribution is 0.453. The molecule has 1 atom stereocenters. The fourth-order valence-electron chi connectivity index (χ4n) is 3.33. The second-order valence-electron chi connectivity index (χ2n) is 6.61. The van der Waals surface area contributed by atoms with Crippen molar-refractivity contribution in [3.63, 3.8) is 0 Å². The lowest BCUT2D eigenvalue weighted by Crippen LogP contribution is -2.49. The third-order valence-electron chi connectivity index (χ3n) is 5.02. The predicted octanol–water partition coefficient (Wildman–Crippen LogP) is 4.57. The van der Waals surface area contributed by atoms with E-state index in [-0.39, 0.29) is 0 Å². The van der Waals surface area contributed by atoms with Crippen LogP contribution in [0.4, 0.5) is 3.89 Å². The van der Waals surface area contributed by atoms with Crippen molar-refractivity contribution in [1.29, 1.82) is 0 Å². The molecule has 0 bridgehead atoms. The van der Waals surface area contributed by atoms with E-state index in [1.54, 1.807) is 0 Å². The van der Waals surface area contributed by atoms with E-state index in [1.807, 2.05) is 6.92 Å². The molecule has 1 fully saturated rings. The lowest BCUT2D eigenvalue weighted by Gasteiger charge is -2.28. The van der Waals surface area contributed by atoms with Gasteiger partial charge in [-0.25, -0.2) is 0 Å². The highest BCUT2D eigenvalue weighted by Crippen LogP contribution is 2.39. The molecule has 1 heterocycles. The fourth-order valence-corrected chi connectivity index (χ4v) is 4.31. The van der Waals surface area contributed by atoms with Gasteiger partial charge in [0.15, 0.2) is 0 Å². The highest BCUT2D eigenvalue weighted by molar-refractivity contribution is 7.95. The predicted molar refractivity (Wildman–Crippen MR) is 106 cm³/mol. The van der Waals surface area contributed by atoms with Gasteiger partial charge in [0, 0.05) is 30.6 Å². The van der Waals surface area contributed by atoms with Crippen molar-refractivity contribution in [3.8, 4) is 0 Å². The normalized spacial score (nSPS) is 18.0. The maximum absolute atomic E-state index is 13.4. The van der Waals surface area contributed by atoms with Gasteiger partial charge in [0.2, 0.25) is 0 Å². The van der Waals surface area contributed by atoms with Crippen molar-refractivity contribution >= 4 is 24.8 Å². The molecule has 1 aromatic carbocycles. The van der Waals surface area contributed by atoms with E-state index >= 15 is 0 Å². The van der Waals surface area contributed by atoms with Crippen molar-refractivity contribution in [2.75, 3.05) is 19.6 Å². The van der Waals surface area contributed by atoms with Crippen LogP contribution < -0.4 is 10.6 Å². The largest absolute Gasteiger partial charge is 0.314 e. The minimum Gasteiger partial charge on any atom is -0.314 e. The summed E-state index contributed by atoms with van der Waals surface area (Å²) in [4.78, 5) is 1.49. The minimum atomic E-state index is 0.302. The Morgan fingerprint density at radius 3 is 2.62 bits per heavy atom. The molecule has 0 amide bonds. The molecule has 1 unspecified atom stereocenters. The summed E-state index contributed by atoms with van der Waals surface area (Å²) >= 11 is 5.00. The van der Waals surface area contributed by atoms with Gasteiger partial charge < -0.3 is 10.6 Å². The summed E-state index contributed by atoms with van der Waals surface area (Å²) in [6, 6.07) is 0.302. The molecule has 0 aliphatic carbocycles. The van der Waals surface area contributed by atoms with Gasteiger partial charge in [-0.1, -0.05) is 25.5 Å². The average Bonchev–Trinajstić information content (AvgIpc) is 2.60. The van der Waals surface area contributed by atoms with E-state index in [1.165, 1.54) is 22.3 Å². The van der Waals surface area contributed by atoms with Gasteiger partial charge in [-0.2, -0.15) is 3.89 Å². The van der Waals surface area contributed by atoms with Crippen LogP contribution in [0.2, 0.25) is 0 Å². The van der Waals surface area contributed by atoms with E-state index in [9.17, 15) is 3.89 Å². The molecule has 1 aliphatic heterocycles. The third-order valence-corrected chi connectivity index (χ3v) is 6.33. The monoisotopic (exact) mass is 368 g/mol. The van der Waals surface area contributed by atoms with Crippen LogP contribution >= 0.6 is 24.8 Å². The molecule has 5 heteroatoms. The Morgan fingerprint density at radius 2 is 2.04 bits per heavy atom. The Labute approximate surface area is 155 Å². The van der Waals surface area contributed by atoms with Gasteiger partial charge in [-0.15, -0.1) is 12.6 Å². The second-order valence-corrected chi connectivity index (χ2v) is 7.62. The highest BCUT2D eigenvalue weighted by Gasteiger charge is 2.22. The number of benzene rings is 1. The minimum absolute atomic E-state index is 0.302. The summed E-state index contributed by atoms with van der Waals surface area (Å²) < 4.78 is 13.4. The standard InChI is InChI=1S/C19H29FN2S2/c1-5-6-7-15-16(10-12(2)17-11-21-8-9-22-17)13(3)14(4)19(24-20)18(15)23/h17,21-23H,2,5-11H2,1,3-4H3. The van der Waals surface area contributed by atoms with Gasteiger partial charge in [-0.05, 0) is 55.4 Å². The van der Waals surface area contributed by atoms with Crippen LogP contribution in [0.1, 0.15) is 42.0 Å². The first-order chi connectivity index (χ1) is 11.5. The molecule has 0 saturated carbocycles. The van der Waals surface area contributed by atoms with Crippen LogP contribution in [-0.4, -0.2) is 25.7 Å². The molecule has 0 aromatic heterocycles. The lowest BCUT2D eigenvalue weighted by atomic mass is 9.88. The molecule has 0 spiro atoms. The number of piperazine rings is 1. The Hall–Kier alpha value is -0.490. The van der Waals surface area contributed by atoms with Gasteiger partial charge >= 0.3 is 0 Å². The van der Waals surface area contributed by atoms with Crippen molar-refractivity contribution in [1.82, 2.24) is 10.6 Å². The summed E-state index contributed by atoms with van der Waals surface area (Å²) in [6.07, 6.45) is 3.99. The van der Waals surface area contributed by atoms with Crippen LogP contribution in [0.25, 0.3) is 0 Å². The summed E-state index contributed by atoms with van der Waals surface area (Å²) in [5.41, 5.74) is 5.87. The van der Waals surface area contributed by atoms with E-state index in [2.05, 4.69) is 43.7 Å². The second kappa shape index (κ2) is 9.27. The molecule has 24 heavy (non-hydrogen) atoms. The van der Waals surface area contributed by atoms with E-state index < -0.39 is 0 Å². The average molecular weight is 369 g/mol. The molecule has 2 N–H and O–H groups in total. The fraction of sp³-hybridized carbons (Fsp3) is 0.579. The third kappa shape index (κ3) is 4.37. The van der Waals surface area contributed by atoms with Crippen molar-refractivity contribution in [2.24, 2.45) is 0 Å². The maximum Gasteiger partial charge on any atom is 0.0826 e. The summed E-state index contributed by atoms with van der Waals surface area (Å²) in [5.74, 6) is 0. The van der Waals surface area contributed by atoms with Gasteiger partial charge in [0.25, 0.3) is 0 Å². The Morgan fingerprint density at radius 1 is 1.29 bits per heavy atom. The Kier molecular flexibility index (Phi) is 7.66. The van der Waals surface area contributed by atoms with Crippen LogP contribution in [0, 0.1) is 13.8 Å². The summed E-state index contributed by atoms with van der Waals surface area (Å²) in [7, 11) is 0. The van der Waals surface area contributed by atoms with Gasteiger partial charge in [-0.3, -0.25) is 0 Å². The number of hydrogen-bond donors (Lipinski definition) is 3. The highest BCUT2D eigenvalue weighted by atomic mass is 32.2. The number of halogens is 1. The first-order valence-corrected chi connectivity index (χ1v) is 9.91. The van der Waals surface area contributed by atoms with Crippen LogP contribution in [0.3, 0.4) is 0 Å². The van der Waals surface area contributed by atoms with Crippen molar-refractivity contribution < 1.29 is 3.89 Å². The van der Waals surface area contributed by atoms with Crippen molar-refractivity contribution in [3.05, 3.63) is 34.4 Å². The molecular formula is C19H29FN2S2. The molecule has 134 valence electrons. The number of nitrogens with one attached hydrogen (secondary N) is 2. The maximum atomic E-state index is 13.4. The number of thiol groups is 1. The zero-order valence-corrected chi connectivity index (χ0v) is 16.7. The number of hydrogen-bond acceptors (Lipinski definition) is 4. The van der Waals surface area contributed by atoms with Crippen molar-refractivity contribution in [2.45, 2.75) is 62.3 Å². The zero-order valence-electron chi connectivity index (χ0n) is 15.0. The Bertz CT molecular complexity index is 596. The molecule has 1 aromatic rings. The molecule has 0 radical (unpaired) electrons. The van der Waals surface area contributed by atoms with Gasteiger partial charge in [0.05, 0.1) is 17.0 Å². The Balaban J connectivity index is 2.37. The topological polar surface area (TPSA) is 24.1 Å². The number of rotatable bonds is 7. The summed E-state index contributed by atoms with van der Waals surface area (Å²) in [6.45, 7) is 13.5. The van der Waals surface area contributed by atoms with E-state index in [0.29, 0.717) is 23.1 Å². The van der Waals surface area contributed by atoms with Crippen LogP contribution in [0.15, 0.2) is 21.9 Å². The molecule has 2 nitrogen and oxygen atoms in total.